The van der Waals surface area contributed by atoms with Crippen LogP contribution in [0.3, 0.4) is 0 Å². The van der Waals surface area contributed by atoms with Gasteiger partial charge in [0.15, 0.2) is 0 Å². The number of hydrogen-bond donors (Lipinski definition) is 0. The molecule has 1 aromatic rings. The van der Waals surface area contributed by atoms with Gasteiger partial charge in [0.1, 0.15) is 6.04 Å². The molecule has 0 aliphatic carbocycles. The number of carbonyl (C=O) groups excluding carboxylic acids is 1. The van der Waals surface area contributed by atoms with Gasteiger partial charge < -0.3 is 4.90 Å². The molecule has 0 radical (unpaired) electrons. The first kappa shape index (κ1) is 16.5. The molecule has 0 aromatic heterocycles. The van der Waals surface area contributed by atoms with E-state index in [0.717, 1.165) is 11.8 Å². The largest absolute Gasteiger partial charge is 0.347 e. The fourth-order valence-corrected chi connectivity index (χ4v) is 3.24. The highest BCUT2D eigenvalue weighted by Crippen LogP contribution is 2.23. The van der Waals surface area contributed by atoms with Gasteiger partial charge in [-0.05, 0) is 25.5 Å². The minimum absolute atomic E-state index is 0.224. The van der Waals surface area contributed by atoms with Crippen LogP contribution in [0.4, 0.5) is 5.69 Å². The van der Waals surface area contributed by atoms with E-state index in [-0.39, 0.29) is 5.91 Å². The van der Waals surface area contributed by atoms with Gasteiger partial charge in [0.05, 0.1) is 11.9 Å². The van der Waals surface area contributed by atoms with Gasteiger partial charge in [-0.3, -0.25) is 9.10 Å². The molecular formula is C14H22N2O3S. The third kappa shape index (κ3) is 3.72. The molecule has 1 aromatic carbocycles. The monoisotopic (exact) mass is 298 g/mol. The molecule has 20 heavy (non-hydrogen) atoms. The Hall–Kier alpha value is -1.56. The van der Waals surface area contributed by atoms with Crippen LogP contribution in [0.15, 0.2) is 24.3 Å². The molecule has 6 heteroatoms. The molecule has 0 heterocycles. The molecule has 0 N–H and O–H groups in total. The molecule has 1 unspecified atom stereocenters. The van der Waals surface area contributed by atoms with Gasteiger partial charge in [-0.1, -0.05) is 24.6 Å². The van der Waals surface area contributed by atoms with Gasteiger partial charge in [-0.15, -0.1) is 0 Å². The van der Waals surface area contributed by atoms with E-state index in [4.69, 9.17) is 0 Å². The topological polar surface area (TPSA) is 57.7 Å². The van der Waals surface area contributed by atoms with Gasteiger partial charge in [0.2, 0.25) is 15.9 Å². The van der Waals surface area contributed by atoms with Crippen LogP contribution >= 0.6 is 0 Å². The summed E-state index contributed by atoms with van der Waals surface area (Å²) in [6.07, 6.45) is 1.54. The van der Waals surface area contributed by atoms with Gasteiger partial charge in [0, 0.05) is 14.1 Å². The molecule has 0 saturated heterocycles. The van der Waals surface area contributed by atoms with Crippen molar-refractivity contribution in [3.63, 3.8) is 0 Å². The lowest BCUT2D eigenvalue weighted by molar-refractivity contribution is -0.129. The fourth-order valence-electron chi connectivity index (χ4n) is 2.03. The molecule has 112 valence electrons. The summed E-state index contributed by atoms with van der Waals surface area (Å²) >= 11 is 0. The van der Waals surface area contributed by atoms with Gasteiger partial charge >= 0.3 is 0 Å². The lowest BCUT2D eigenvalue weighted by Gasteiger charge is -2.31. The number of nitrogens with zero attached hydrogens (tertiary/aromatic N) is 2. The summed E-state index contributed by atoms with van der Waals surface area (Å²) < 4.78 is 25.4. The number of anilines is 1. The number of hydrogen-bond acceptors (Lipinski definition) is 3. The molecule has 1 amide bonds. The first-order valence-corrected chi connectivity index (χ1v) is 8.30. The third-order valence-corrected chi connectivity index (χ3v) is 4.22. The van der Waals surface area contributed by atoms with Crippen molar-refractivity contribution in [1.82, 2.24) is 4.90 Å². The Morgan fingerprint density at radius 3 is 2.05 bits per heavy atom. The van der Waals surface area contributed by atoms with Crippen molar-refractivity contribution in [3.8, 4) is 0 Å². The van der Waals surface area contributed by atoms with Crippen molar-refractivity contribution in [2.24, 2.45) is 0 Å². The van der Waals surface area contributed by atoms with Crippen LogP contribution in [-0.2, 0) is 14.8 Å². The summed E-state index contributed by atoms with van der Waals surface area (Å²) in [4.78, 5) is 13.6. The van der Waals surface area contributed by atoms with Crippen molar-refractivity contribution in [2.45, 2.75) is 26.3 Å². The van der Waals surface area contributed by atoms with Gasteiger partial charge in [0.25, 0.3) is 0 Å². The van der Waals surface area contributed by atoms with E-state index in [1.54, 1.807) is 33.2 Å². The fraction of sp³-hybridized carbons (Fsp3) is 0.500. The number of amides is 1. The normalized spacial score (nSPS) is 12.8. The minimum Gasteiger partial charge on any atom is -0.347 e. The van der Waals surface area contributed by atoms with E-state index in [9.17, 15) is 13.2 Å². The SMILES string of the molecule is CCC(C(=O)N(C)C)N(c1ccc(C)cc1)S(C)(=O)=O. The summed E-state index contributed by atoms with van der Waals surface area (Å²) in [5.41, 5.74) is 1.55. The first-order valence-electron chi connectivity index (χ1n) is 6.45. The second-order valence-electron chi connectivity index (χ2n) is 5.05. The van der Waals surface area contributed by atoms with Crippen LogP contribution in [0.2, 0.25) is 0 Å². The summed E-state index contributed by atoms with van der Waals surface area (Å²) in [6, 6.07) is 6.40. The highest BCUT2D eigenvalue weighted by atomic mass is 32.2. The van der Waals surface area contributed by atoms with Gasteiger partial charge in [-0.25, -0.2) is 8.42 Å². The molecule has 1 atom stereocenters. The van der Waals surface area contributed by atoms with Crippen molar-refractivity contribution in [3.05, 3.63) is 29.8 Å². The second-order valence-corrected chi connectivity index (χ2v) is 6.91. The first-order chi connectivity index (χ1) is 9.18. The zero-order chi connectivity index (χ0) is 15.5. The lowest BCUT2D eigenvalue weighted by atomic mass is 10.1. The Kier molecular flexibility index (Phi) is 5.16. The Labute approximate surface area is 121 Å². The smallest absolute Gasteiger partial charge is 0.245 e. The Morgan fingerprint density at radius 2 is 1.70 bits per heavy atom. The van der Waals surface area contributed by atoms with Gasteiger partial charge in [-0.2, -0.15) is 0 Å². The number of carbonyl (C=O) groups is 1. The van der Waals surface area contributed by atoms with Crippen LogP contribution < -0.4 is 4.31 Å². The quantitative estimate of drug-likeness (QED) is 0.830. The predicted molar refractivity (Wildman–Crippen MR) is 81.3 cm³/mol. The van der Waals surface area contributed by atoms with Crippen LogP contribution in [0.5, 0.6) is 0 Å². The average molecular weight is 298 g/mol. The minimum atomic E-state index is -3.53. The summed E-state index contributed by atoms with van der Waals surface area (Å²) in [7, 11) is -0.284. The summed E-state index contributed by atoms with van der Waals surface area (Å²) in [5, 5.41) is 0. The number of rotatable bonds is 5. The van der Waals surface area contributed by atoms with E-state index < -0.39 is 16.1 Å². The van der Waals surface area contributed by atoms with Crippen molar-refractivity contribution < 1.29 is 13.2 Å². The van der Waals surface area contributed by atoms with Crippen molar-refractivity contribution >= 4 is 21.6 Å². The zero-order valence-electron chi connectivity index (χ0n) is 12.6. The standard InChI is InChI=1S/C14H22N2O3S/c1-6-13(14(17)15(3)4)16(20(5,18)19)12-9-7-11(2)8-10-12/h7-10,13H,6H2,1-5H3. The van der Waals surface area contributed by atoms with E-state index >= 15 is 0 Å². The van der Waals surface area contributed by atoms with Crippen LogP contribution in [-0.4, -0.2) is 45.6 Å². The highest BCUT2D eigenvalue weighted by molar-refractivity contribution is 7.92. The third-order valence-electron chi connectivity index (χ3n) is 3.04. The Morgan fingerprint density at radius 1 is 1.20 bits per heavy atom. The summed E-state index contributed by atoms with van der Waals surface area (Å²) in [5.74, 6) is -0.224. The predicted octanol–water partition coefficient (Wildman–Crippen LogP) is 1.63. The molecule has 5 nitrogen and oxygen atoms in total. The Bertz CT molecular complexity index is 565. The lowest BCUT2D eigenvalue weighted by Crippen LogP contribution is -2.48. The van der Waals surface area contributed by atoms with Crippen molar-refractivity contribution in [1.29, 1.82) is 0 Å². The maximum Gasteiger partial charge on any atom is 0.245 e. The average Bonchev–Trinajstić information content (AvgIpc) is 2.35. The molecule has 0 saturated carbocycles. The maximum atomic E-state index is 12.2. The molecule has 0 aliphatic rings. The van der Waals surface area contributed by atoms with Crippen LogP contribution in [0.25, 0.3) is 0 Å². The molecule has 0 fully saturated rings. The van der Waals surface area contributed by atoms with E-state index in [0.29, 0.717) is 12.1 Å². The van der Waals surface area contributed by atoms with E-state index in [1.807, 2.05) is 19.1 Å². The molecule has 0 spiro atoms. The van der Waals surface area contributed by atoms with Crippen LogP contribution in [0, 0.1) is 6.92 Å². The Balaban J connectivity index is 3.32. The maximum absolute atomic E-state index is 12.2. The summed E-state index contributed by atoms with van der Waals surface area (Å²) in [6.45, 7) is 3.73. The highest BCUT2D eigenvalue weighted by Gasteiger charge is 2.32. The molecule has 0 bridgehead atoms. The van der Waals surface area contributed by atoms with E-state index in [2.05, 4.69) is 0 Å². The number of sulfonamides is 1. The molecular weight excluding hydrogens is 276 g/mol. The number of likely N-dealkylation sites (N-methyl/N-ethyl adjacent to an activating group) is 1. The number of benzene rings is 1. The zero-order valence-corrected chi connectivity index (χ0v) is 13.4. The molecule has 0 aliphatic heterocycles. The van der Waals surface area contributed by atoms with E-state index in [1.165, 1.54) is 9.21 Å². The van der Waals surface area contributed by atoms with Crippen molar-refractivity contribution in [2.75, 3.05) is 24.7 Å². The number of aryl methyl sites for hydroxylation is 1. The molecule has 1 rings (SSSR count). The van der Waals surface area contributed by atoms with Crippen LogP contribution in [0.1, 0.15) is 18.9 Å². The second kappa shape index (κ2) is 6.26.